The third-order valence-corrected chi connectivity index (χ3v) is 4.24. The van der Waals surface area contributed by atoms with Gasteiger partial charge in [-0.2, -0.15) is 5.11 Å². The molecule has 0 aliphatic heterocycles. The van der Waals surface area contributed by atoms with Gasteiger partial charge in [-0.3, -0.25) is 9.59 Å². The molecule has 0 bridgehead atoms. The van der Waals surface area contributed by atoms with E-state index in [-0.39, 0.29) is 11.7 Å². The van der Waals surface area contributed by atoms with Crippen LogP contribution >= 0.6 is 0 Å². The fraction of sp³-hybridized carbons (Fsp3) is 0.364. The number of allylic oxidation sites excluding steroid dienone is 5. The van der Waals surface area contributed by atoms with Crippen LogP contribution in [0.5, 0.6) is 0 Å². The van der Waals surface area contributed by atoms with Crippen LogP contribution in [0.2, 0.25) is 0 Å². The van der Waals surface area contributed by atoms with Crippen LogP contribution in [0.4, 0.5) is 0 Å². The van der Waals surface area contributed by atoms with E-state index in [2.05, 4.69) is 24.1 Å². The lowest BCUT2D eigenvalue weighted by molar-refractivity contribution is -0.112. The molecule has 1 aromatic rings. The molecule has 0 unspecified atom stereocenters. The molecule has 0 saturated heterocycles. The number of carbonyl (C=O) groups excluding carboxylic acids is 2. The Morgan fingerprint density at radius 1 is 0.962 bits per heavy atom. The van der Waals surface area contributed by atoms with E-state index in [4.69, 9.17) is 0 Å². The maximum absolute atomic E-state index is 12.6. The van der Waals surface area contributed by atoms with Gasteiger partial charge in [0.15, 0.2) is 5.78 Å². The van der Waals surface area contributed by atoms with Gasteiger partial charge in [-0.1, -0.05) is 44.9 Å². The number of Topliss-reactive ketones (excluding diaryl/α,β-unsaturated/α-hetero) is 1. The summed E-state index contributed by atoms with van der Waals surface area (Å²) in [4.78, 5) is 24.6. The normalized spacial score (nSPS) is 14.4. The molecule has 2 rings (SSSR count). The summed E-state index contributed by atoms with van der Waals surface area (Å²) in [5.41, 5.74) is 2.99. The quantitative estimate of drug-likeness (QED) is 0.542. The molecule has 0 fully saturated rings. The van der Waals surface area contributed by atoms with E-state index in [1.54, 1.807) is 30.5 Å². The van der Waals surface area contributed by atoms with Gasteiger partial charge in [-0.15, -0.1) is 5.11 Å². The Hall–Kier alpha value is -2.62. The largest absolute Gasteiger partial charge is 0.295 e. The Morgan fingerprint density at radius 2 is 1.54 bits per heavy atom. The van der Waals surface area contributed by atoms with Crippen LogP contribution in [0.1, 0.15) is 62.7 Å². The van der Waals surface area contributed by atoms with Gasteiger partial charge in [0.25, 0.3) is 5.91 Å². The molecular formula is C22H26N2O2. The molecule has 4 heteroatoms. The maximum Gasteiger partial charge on any atom is 0.295 e. The first-order valence-corrected chi connectivity index (χ1v) is 9.32. The predicted octanol–water partition coefficient (Wildman–Crippen LogP) is 5.98. The molecule has 136 valence electrons. The van der Waals surface area contributed by atoms with Crippen LogP contribution in [0, 0.1) is 0 Å². The Kier molecular flexibility index (Phi) is 7.87. The molecule has 1 aliphatic rings. The SMILES string of the molecule is CCCCC1=CC(=C/N=N/C(=O)c2ccccc2)C=C(CCCC)C1=O. The second-order valence-corrected chi connectivity index (χ2v) is 6.39. The highest BCUT2D eigenvalue weighted by atomic mass is 16.1. The number of azo groups is 1. The lowest BCUT2D eigenvalue weighted by Crippen LogP contribution is -2.11. The molecule has 1 amide bonds. The summed E-state index contributed by atoms with van der Waals surface area (Å²) in [7, 11) is 0. The number of unbranched alkanes of at least 4 members (excludes halogenated alkanes) is 2. The van der Waals surface area contributed by atoms with E-state index in [1.165, 1.54) is 0 Å². The number of carbonyl (C=O) groups is 2. The maximum atomic E-state index is 12.6. The van der Waals surface area contributed by atoms with E-state index >= 15 is 0 Å². The second kappa shape index (κ2) is 10.4. The summed E-state index contributed by atoms with van der Waals surface area (Å²) >= 11 is 0. The van der Waals surface area contributed by atoms with Crippen LogP contribution in [0.25, 0.3) is 0 Å². The van der Waals surface area contributed by atoms with Gasteiger partial charge < -0.3 is 0 Å². The summed E-state index contributed by atoms with van der Waals surface area (Å²) in [6.45, 7) is 4.23. The molecule has 0 atom stereocenters. The molecule has 0 spiro atoms. The molecule has 26 heavy (non-hydrogen) atoms. The van der Waals surface area contributed by atoms with Gasteiger partial charge in [-0.05, 0) is 55.5 Å². The van der Waals surface area contributed by atoms with Gasteiger partial charge in [0, 0.05) is 16.7 Å². The minimum atomic E-state index is -0.375. The van der Waals surface area contributed by atoms with Gasteiger partial charge >= 0.3 is 0 Å². The zero-order valence-electron chi connectivity index (χ0n) is 15.6. The van der Waals surface area contributed by atoms with Crippen molar-refractivity contribution in [3.63, 3.8) is 0 Å². The zero-order chi connectivity index (χ0) is 18.8. The summed E-state index contributed by atoms with van der Waals surface area (Å²) < 4.78 is 0. The number of hydrogen-bond acceptors (Lipinski definition) is 3. The molecular weight excluding hydrogens is 324 g/mol. The van der Waals surface area contributed by atoms with Gasteiger partial charge in [-0.25, -0.2) is 0 Å². The predicted molar refractivity (Wildman–Crippen MR) is 104 cm³/mol. The third kappa shape index (κ3) is 5.73. The Bertz CT molecular complexity index is 726. The number of rotatable bonds is 8. The second-order valence-electron chi connectivity index (χ2n) is 6.39. The van der Waals surface area contributed by atoms with Gasteiger partial charge in [0.1, 0.15) is 0 Å². The standard InChI is InChI=1S/C22H26N2O2/c1-3-5-10-19-14-17(15-20(21(19)25)11-6-4-2)16-23-24-22(26)18-12-8-7-9-13-18/h7-9,12-16H,3-6,10-11H2,1-2H3/b24-23+. The highest BCUT2D eigenvalue weighted by Crippen LogP contribution is 2.26. The fourth-order valence-corrected chi connectivity index (χ4v) is 2.75. The van der Waals surface area contributed by atoms with Crippen molar-refractivity contribution in [2.45, 2.75) is 52.4 Å². The number of hydrogen-bond donors (Lipinski definition) is 0. The molecule has 4 nitrogen and oxygen atoms in total. The zero-order valence-corrected chi connectivity index (χ0v) is 15.6. The van der Waals surface area contributed by atoms with E-state index in [0.717, 1.165) is 55.2 Å². The first kappa shape index (κ1) is 19.7. The monoisotopic (exact) mass is 350 g/mol. The fourth-order valence-electron chi connectivity index (χ4n) is 2.75. The van der Waals surface area contributed by atoms with Crippen molar-refractivity contribution in [3.8, 4) is 0 Å². The van der Waals surface area contributed by atoms with Crippen molar-refractivity contribution in [2.75, 3.05) is 0 Å². The average Bonchev–Trinajstić information content (AvgIpc) is 2.67. The highest BCUT2D eigenvalue weighted by Gasteiger charge is 2.19. The topological polar surface area (TPSA) is 58.9 Å². The minimum Gasteiger partial charge on any atom is -0.289 e. The van der Waals surface area contributed by atoms with E-state index in [9.17, 15) is 9.59 Å². The van der Waals surface area contributed by atoms with E-state index in [0.29, 0.717) is 5.56 Å². The van der Waals surface area contributed by atoms with Crippen molar-refractivity contribution in [2.24, 2.45) is 10.2 Å². The molecule has 0 heterocycles. The van der Waals surface area contributed by atoms with Crippen LogP contribution in [-0.4, -0.2) is 11.7 Å². The van der Waals surface area contributed by atoms with Crippen molar-refractivity contribution in [3.05, 3.63) is 71.0 Å². The molecule has 0 aromatic heterocycles. The van der Waals surface area contributed by atoms with Crippen LogP contribution < -0.4 is 0 Å². The Morgan fingerprint density at radius 3 is 2.08 bits per heavy atom. The number of ketones is 1. The molecule has 0 radical (unpaired) electrons. The van der Waals surface area contributed by atoms with Crippen molar-refractivity contribution < 1.29 is 9.59 Å². The van der Waals surface area contributed by atoms with E-state index in [1.807, 2.05) is 18.2 Å². The summed E-state index contributed by atoms with van der Waals surface area (Å²) in [5, 5.41) is 7.69. The first-order valence-electron chi connectivity index (χ1n) is 9.32. The van der Waals surface area contributed by atoms with Crippen LogP contribution in [-0.2, 0) is 4.79 Å². The van der Waals surface area contributed by atoms with Crippen molar-refractivity contribution in [1.29, 1.82) is 0 Å². The van der Waals surface area contributed by atoms with Gasteiger partial charge in [0.2, 0.25) is 0 Å². The Labute approximate surface area is 155 Å². The smallest absolute Gasteiger partial charge is 0.289 e. The third-order valence-electron chi connectivity index (χ3n) is 4.24. The molecule has 0 N–H and O–H groups in total. The average molecular weight is 350 g/mol. The molecule has 1 aliphatic carbocycles. The highest BCUT2D eigenvalue weighted by molar-refractivity contribution is 6.10. The number of nitrogens with zero attached hydrogens (tertiary/aromatic N) is 2. The summed E-state index contributed by atoms with van der Waals surface area (Å²) in [6, 6.07) is 8.84. The first-order chi connectivity index (χ1) is 12.7. The van der Waals surface area contributed by atoms with Gasteiger partial charge in [0.05, 0.1) is 6.20 Å². The summed E-state index contributed by atoms with van der Waals surface area (Å²) in [6.07, 6.45) is 10.9. The number of amides is 1. The molecule has 1 aromatic carbocycles. The lowest BCUT2D eigenvalue weighted by Gasteiger charge is -2.15. The van der Waals surface area contributed by atoms with E-state index < -0.39 is 0 Å². The minimum absolute atomic E-state index is 0.154. The van der Waals surface area contributed by atoms with Crippen molar-refractivity contribution in [1.82, 2.24) is 0 Å². The molecule has 0 saturated carbocycles. The lowest BCUT2D eigenvalue weighted by atomic mass is 9.88. The number of benzene rings is 1. The van der Waals surface area contributed by atoms with Crippen LogP contribution in [0.3, 0.4) is 0 Å². The summed E-state index contributed by atoms with van der Waals surface area (Å²) in [5.74, 6) is -0.221. The Balaban J connectivity index is 2.17. The van der Waals surface area contributed by atoms with Crippen molar-refractivity contribution >= 4 is 11.7 Å². The van der Waals surface area contributed by atoms with Crippen LogP contribution in [0.15, 0.2) is 75.6 Å².